The van der Waals surface area contributed by atoms with Crippen LogP contribution in [0.5, 0.6) is 0 Å². The first-order valence-corrected chi connectivity index (χ1v) is 11.4. The van der Waals surface area contributed by atoms with Crippen LogP contribution in [0.1, 0.15) is 70.6 Å². The third-order valence-corrected chi connectivity index (χ3v) is 6.98. The number of fused-ring (bicyclic) bond motifs is 2. The van der Waals surface area contributed by atoms with Crippen molar-refractivity contribution in [3.8, 4) is 0 Å². The van der Waals surface area contributed by atoms with Gasteiger partial charge in [0.05, 0.1) is 18.2 Å². The summed E-state index contributed by atoms with van der Waals surface area (Å²) in [6, 6.07) is 8.78. The molecule has 0 spiro atoms. The third kappa shape index (κ3) is 3.94. The van der Waals surface area contributed by atoms with Gasteiger partial charge in [0.15, 0.2) is 5.11 Å². The molecule has 0 bridgehead atoms. The largest absolute Gasteiger partial charge is 0.462 e. The second-order valence-electron chi connectivity index (χ2n) is 7.38. The predicted octanol–water partition coefficient (Wildman–Crippen LogP) is 5.17. The van der Waals surface area contributed by atoms with Crippen molar-refractivity contribution in [1.29, 1.82) is 0 Å². The van der Waals surface area contributed by atoms with Crippen molar-refractivity contribution in [1.82, 2.24) is 5.32 Å². The number of hydrogen-bond donors (Lipinski definition) is 2. The van der Waals surface area contributed by atoms with Crippen LogP contribution in [0.15, 0.2) is 24.3 Å². The van der Waals surface area contributed by atoms with Crippen LogP contribution in [0, 0.1) is 0 Å². The number of thiophene rings is 1. The second-order valence-corrected chi connectivity index (χ2v) is 8.89. The summed E-state index contributed by atoms with van der Waals surface area (Å²) in [7, 11) is 0. The SMILES string of the molecule is CCOC(=O)c1c(NC(=S)NC2CCCc3ccccc32)sc2c1CCCC2. The molecule has 2 N–H and O–H groups in total. The van der Waals surface area contributed by atoms with Crippen LogP contribution in [0.3, 0.4) is 0 Å². The number of ether oxygens (including phenoxy) is 1. The highest BCUT2D eigenvalue weighted by Gasteiger charge is 2.27. The standard InChI is InChI=1S/C22H26N2O2S2/c1-2-26-21(25)19-16-11-5-6-13-18(16)28-20(19)24-22(27)23-17-12-7-9-14-8-3-4-10-15(14)17/h3-4,8,10,17H,2,5-7,9,11-13H2,1H3,(H2,23,24,27). The van der Waals surface area contributed by atoms with Crippen molar-refractivity contribution in [3.63, 3.8) is 0 Å². The van der Waals surface area contributed by atoms with Crippen molar-refractivity contribution < 1.29 is 9.53 Å². The maximum absolute atomic E-state index is 12.6. The first kappa shape index (κ1) is 19.4. The normalized spacial score (nSPS) is 18.0. The van der Waals surface area contributed by atoms with Crippen LogP contribution >= 0.6 is 23.6 Å². The van der Waals surface area contributed by atoms with Gasteiger partial charge in [-0.1, -0.05) is 24.3 Å². The molecule has 2 aliphatic carbocycles. The summed E-state index contributed by atoms with van der Waals surface area (Å²) in [5.74, 6) is -0.241. The van der Waals surface area contributed by atoms with E-state index in [1.54, 1.807) is 11.3 Å². The van der Waals surface area contributed by atoms with E-state index in [1.807, 2.05) is 6.92 Å². The fraction of sp³-hybridized carbons (Fsp3) is 0.455. The number of nitrogens with one attached hydrogen (secondary N) is 2. The molecule has 28 heavy (non-hydrogen) atoms. The Morgan fingerprint density at radius 3 is 2.89 bits per heavy atom. The van der Waals surface area contributed by atoms with E-state index in [9.17, 15) is 4.79 Å². The van der Waals surface area contributed by atoms with Gasteiger partial charge in [-0.3, -0.25) is 0 Å². The summed E-state index contributed by atoms with van der Waals surface area (Å²) in [5.41, 5.74) is 4.57. The Kier molecular flexibility index (Phi) is 5.97. The van der Waals surface area contributed by atoms with Crippen LogP contribution in [0.2, 0.25) is 0 Å². The summed E-state index contributed by atoms with van der Waals surface area (Å²) in [6.45, 7) is 2.22. The topological polar surface area (TPSA) is 50.4 Å². The first-order chi connectivity index (χ1) is 13.7. The van der Waals surface area contributed by atoms with E-state index in [0.717, 1.165) is 49.1 Å². The molecule has 1 heterocycles. The number of hydrogen-bond acceptors (Lipinski definition) is 4. The number of anilines is 1. The summed E-state index contributed by atoms with van der Waals surface area (Å²) in [5, 5.41) is 8.20. The molecule has 4 rings (SSSR count). The molecule has 1 unspecified atom stereocenters. The van der Waals surface area contributed by atoms with Crippen LogP contribution in [0.25, 0.3) is 0 Å². The van der Waals surface area contributed by atoms with Crippen molar-refractivity contribution in [2.24, 2.45) is 0 Å². The highest BCUT2D eigenvalue weighted by molar-refractivity contribution is 7.80. The minimum atomic E-state index is -0.241. The van der Waals surface area contributed by atoms with Gasteiger partial charge in [-0.15, -0.1) is 11.3 Å². The van der Waals surface area contributed by atoms with Gasteiger partial charge >= 0.3 is 5.97 Å². The molecule has 0 fully saturated rings. The Bertz CT molecular complexity index is 891. The Hall–Kier alpha value is -1.92. The molecule has 1 aromatic heterocycles. The molecular weight excluding hydrogens is 388 g/mol. The van der Waals surface area contributed by atoms with E-state index < -0.39 is 0 Å². The van der Waals surface area contributed by atoms with E-state index in [2.05, 4.69) is 34.9 Å². The van der Waals surface area contributed by atoms with E-state index >= 15 is 0 Å². The van der Waals surface area contributed by atoms with E-state index in [4.69, 9.17) is 17.0 Å². The molecule has 2 aliphatic rings. The number of esters is 1. The summed E-state index contributed by atoms with van der Waals surface area (Å²) in [6.07, 6.45) is 7.61. The fourth-order valence-electron chi connectivity index (χ4n) is 4.27. The number of carbonyl (C=O) groups excluding carboxylic acids is 1. The number of rotatable bonds is 4. The highest BCUT2D eigenvalue weighted by Crippen LogP contribution is 2.39. The molecule has 0 saturated carbocycles. The predicted molar refractivity (Wildman–Crippen MR) is 118 cm³/mol. The zero-order chi connectivity index (χ0) is 19.5. The maximum atomic E-state index is 12.6. The first-order valence-electron chi connectivity index (χ1n) is 10.1. The lowest BCUT2D eigenvalue weighted by Gasteiger charge is -2.27. The lowest BCUT2D eigenvalue weighted by Crippen LogP contribution is -2.34. The van der Waals surface area contributed by atoms with Gasteiger partial charge in [-0.25, -0.2) is 4.79 Å². The molecule has 0 aliphatic heterocycles. The number of aryl methyl sites for hydroxylation is 2. The van der Waals surface area contributed by atoms with Crippen LogP contribution < -0.4 is 10.6 Å². The molecule has 1 aromatic carbocycles. The van der Waals surface area contributed by atoms with Gasteiger partial charge in [0.1, 0.15) is 5.00 Å². The van der Waals surface area contributed by atoms with Gasteiger partial charge in [0.25, 0.3) is 0 Å². The molecule has 2 aromatic rings. The van der Waals surface area contributed by atoms with Crippen molar-refractivity contribution in [2.75, 3.05) is 11.9 Å². The van der Waals surface area contributed by atoms with Crippen molar-refractivity contribution >= 4 is 39.6 Å². The zero-order valence-corrected chi connectivity index (χ0v) is 17.8. The molecule has 4 nitrogen and oxygen atoms in total. The molecule has 0 saturated heterocycles. The maximum Gasteiger partial charge on any atom is 0.341 e. The van der Waals surface area contributed by atoms with Crippen LogP contribution in [-0.4, -0.2) is 17.7 Å². The Morgan fingerprint density at radius 2 is 2.04 bits per heavy atom. The van der Waals surface area contributed by atoms with Crippen LogP contribution in [-0.2, 0) is 24.0 Å². The summed E-state index contributed by atoms with van der Waals surface area (Å²) < 4.78 is 5.34. The van der Waals surface area contributed by atoms with Gasteiger partial charge < -0.3 is 15.4 Å². The van der Waals surface area contributed by atoms with E-state index in [0.29, 0.717) is 17.3 Å². The van der Waals surface area contributed by atoms with Crippen molar-refractivity contribution in [3.05, 3.63) is 51.4 Å². The quantitative estimate of drug-likeness (QED) is 0.534. The average molecular weight is 415 g/mol. The summed E-state index contributed by atoms with van der Waals surface area (Å²) >= 11 is 7.28. The monoisotopic (exact) mass is 414 g/mol. The van der Waals surface area contributed by atoms with Gasteiger partial charge in [0.2, 0.25) is 0 Å². The Balaban J connectivity index is 1.54. The molecule has 0 amide bonds. The van der Waals surface area contributed by atoms with Gasteiger partial charge in [0, 0.05) is 4.88 Å². The number of carbonyl (C=O) groups is 1. The number of thiocarbonyl (C=S) groups is 1. The van der Waals surface area contributed by atoms with Crippen LogP contribution in [0.4, 0.5) is 5.00 Å². The molecule has 6 heteroatoms. The molecule has 148 valence electrons. The molecule has 1 atom stereocenters. The lowest BCUT2D eigenvalue weighted by atomic mass is 9.88. The van der Waals surface area contributed by atoms with Crippen molar-refractivity contribution in [2.45, 2.75) is 57.9 Å². The fourth-order valence-corrected chi connectivity index (χ4v) is 5.87. The zero-order valence-electron chi connectivity index (χ0n) is 16.2. The lowest BCUT2D eigenvalue weighted by molar-refractivity contribution is 0.0526. The summed E-state index contributed by atoms with van der Waals surface area (Å²) in [4.78, 5) is 13.9. The van der Waals surface area contributed by atoms with Gasteiger partial charge in [-0.05, 0) is 80.8 Å². The Morgan fingerprint density at radius 1 is 1.21 bits per heavy atom. The Labute approximate surface area is 175 Å². The number of benzene rings is 1. The second kappa shape index (κ2) is 8.62. The minimum absolute atomic E-state index is 0.214. The van der Waals surface area contributed by atoms with Gasteiger partial charge in [-0.2, -0.15) is 0 Å². The third-order valence-electron chi connectivity index (χ3n) is 5.55. The van der Waals surface area contributed by atoms with E-state index in [1.165, 1.54) is 22.4 Å². The smallest absolute Gasteiger partial charge is 0.341 e. The average Bonchev–Trinajstić information content (AvgIpc) is 3.06. The minimum Gasteiger partial charge on any atom is -0.462 e. The molecule has 0 radical (unpaired) electrons. The van der Waals surface area contributed by atoms with E-state index in [-0.39, 0.29) is 12.0 Å². The molecular formula is C22H26N2O2S2. The highest BCUT2D eigenvalue weighted by atomic mass is 32.1.